The lowest BCUT2D eigenvalue weighted by atomic mass is 9.81. The van der Waals surface area contributed by atoms with Crippen molar-refractivity contribution in [1.82, 2.24) is 0 Å². The van der Waals surface area contributed by atoms with Crippen LogP contribution < -0.4 is 0 Å². The van der Waals surface area contributed by atoms with Gasteiger partial charge in [0.2, 0.25) is 0 Å². The predicted octanol–water partition coefficient (Wildman–Crippen LogP) is 2.88. The molecule has 0 atom stereocenters. The van der Waals surface area contributed by atoms with Gasteiger partial charge in [-0.25, -0.2) is 4.39 Å². The highest BCUT2D eigenvalue weighted by atomic mass is 79.9. The molecule has 0 radical (unpaired) electrons. The van der Waals surface area contributed by atoms with Crippen LogP contribution in [-0.4, -0.2) is 13.2 Å². The van der Waals surface area contributed by atoms with Crippen LogP contribution in [0.2, 0.25) is 0 Å². The second kappa shape index (κ2) is 3.07. The van der Waals surface area contributed by atoms with Gasteiger partial charge in [0.15, 0.2) is 0 Å². The van der Waals surface area contributed by atoms with E-state index in [2.05, 4.69) is 22.9 Å². The lowest BCUT2D eigenvalue weighted by Gasteiger charge is -2.38. The van der Waals surface area contributed by atoms with E-state index >= 15 is 0 Å². The fourth-order valence-electron chi connectivity index (χ4n) is 1.45. The molecule has 0 N–H and O–H groups in total. The summed E-state index contributed by atoms with van der Waals surface area (Å²) in [7, 11) is 0. The topological polar surface area (TPSA) is 9.23 Å². The maximum absolute atomic E-state index is 13.2. The molecule has 0 bridgehead atoms. The molecule has 1 saturated heterocycles. The van der Waals surface area contributed by atoms with E-state index in [4.69, 9.17) is 4.74 Å². The smallest absolute Gasteiger partial charge is 0.137 e. The Balaban J connectivity index is 2.36. The Hall–Kier alpha value is -0.410. The van der Waals surface area contributed by atoms with Crippen LogP contribution in [-0.2, 0) is 10.2 Å². The molecule has 13 heavy (non-hydrogen) atoms. The summed E-state index contributed by atoms with van der Waals surface area (Å²) < 4.78 is 18.8. The number of hydrogen-bond acceptors (Lipinski definition) is 1. The van der Waals surface area contributed by atoms with Crippen LogP contribution in [0.1, 0.15) is 12.5 Å². The van der Waals surface area contributed by atoms with Gasteiger partial charge in [-0.05, 0) is 33.6 Å². The van der Waals surface area contributed by atoms with E-state index in [0.29, 0.717) is 17.7 Å². The van der Waals surface area contributed by atoms with Crippen LogP contribution in [0, 0.1) is 5.82 Å². The first-order chi connectivity index (χ1) is 6.12. The fourth-order valence-corrected chi connectivity index (χ4v) is 1.69. The van der Waals surface area contributed by atoms with Gasteiger partial charge in [0.05, 0.1) is 17.7 Å². The van der Waals surface area contributed by atoms with Gasteiger partial charge in [-0.1, -0.05) is 13.0 Å². The van der Waals surface area contributed by atoms with Crippen LogP contribution in [0.5, 0.6) is 0 Å². The lowest BCUT2D eigenvalue weighted by Crippen LogP contribution is -2.43. The van der Waals surface area contributed by atoms with E-state index in [1.807, 2.05) is 6.07 Å². The minimum atomic E-state index is -0.203. The van der Waals surface area contributed by atoms with Crippen molar-refractivity contribution in [2.45, 2.75) is 12.3 Å². The molecule has 0 aromatic heterocycles. The predicted molar refractivity (Wildman–Crippen MR) is 52.3 cm³/mol. The van der Waals surface area contributed by atoms with E-state index in [0.717, 1.165) is 5.56 Å². The zero-order valence-electron chi connectivity index (χ0n) is 7.31. The Morgan fingerprint density at radius 2 is 2.15 bits per heavy atom. The Bertz CT molecular complexity index is 334. The van der Waals surface area contributed by atoms with Gasteiger partial charge in [-0.2, -0.15) is 0 Å². The van der Waals surface area contributed by atoms with Gasteiger partial charge in [0, 0.05) is 5.41 Å². The third-order valence-electron chi connectivity index (χ3n) is 2.46. The molecule has 1 aromatic rings. The van der Waals surface area contributed by atoms with Gasteiger partial charge < -0.3 is 4.74 Å². The van der Waals surface area contributed by atoms with E-state index < -0.39 is 0 Å². The van der Waals surface area contributed by atoms with Crippen molar-refractivity contribution in [1.29, 1.82) is 0 Å². The molecular formula is C10H10BrFO. The monoisotopic (exact) mass is 244 g/mol. The molecule has 0 amide bonds. The maximum Gasteiger partial charge on any atom is 0.137 e. The summed E-state index contributed by atoms with van der Waals surface area (Å²) in [5.41, 5.74) is 1.03. The molecule has 1 aliphatic rings. The first-order valence-electron chi connectivity index (χ1n) is 4.15. The summed E-state index contributed by atoms with van der Waals surface area (Å²) in [6.45, 7) is 3.46. The Kier molecular flexibility index (Phi) is 2.16. The van der Waals surface area contributed by atoms with Crippen molar-refractivity contribution >= 4 is 15.9 Å². The number of rotatable bonds is 1. The van der Waals surface area contributed by atoms with Crippen LogP contribution in [0.15, 0.2) is 22.7 Å². The second-order valence-corrected chi connectivity index (χ2v) is 4.54. The van der Waals surface area contributed by atoms with Gasteiger partial charge in [-0.15, -0.1) is 0 Å². The number of hydrogen-bond donors (Lipinski definition) is 0. The zero-order valence-corrected chi connectivity index (χ0v) is 8.90. The zero-order chi connectivity index (χ0) is 9.47. The summed E-state index contributed by atoms with van der Waals surface area (Å²) in [6.07, 6.45) is 0. The van der Waals surface area contributed by atoms with Gasteiger partial charge in [0.1, 0.15) is 5.82 Å². The van der Waals surface area contributed by atoms with Gasteiger partial charge in [-0.3, -0.25) is 0 Å². The average molecular weight is 245 g/mol. The highest BCUT2D eigenvalue weighted by molar-refractivity contribution is 9.10. The molecule has 1 nitrogen and oxygen atoms in total. The van der Waals surface area contributed by atoms with Crippen LogP contribution in [0.3, 0.4) is 0 Å². The molecule has 0 aliphatic carbocycles. The number of halogens is 2. The molecule has 1 heterocycles. The van der Waals surface area contributed by atoms with Crippen LogP contribution in [0.4, 0.5) is 4.39 Å². The van der Waals surface area contributed by atoms with Crippen molar-refractivity contribution in [2.75, 3.05) is 13.2 Å². The molecule has 0 spiro atoms. The quantitative estimate of drug-likeness (QED) is 0.739. The standard InChI is InChI=1S/C10H10BrFO/c1-10(5-13-6-10)7-2-3-8(11)9(12)4-7/h2-4H,5-6H2,1H3. The Labute approximate surface area is 85.0 Å². The molecule has 1 aliphatic heterocycles. The highest BCUT2D eigenvalue weighted by Crippen LogP contribution is 2.33. The number of ether oxygens (including phenoxy) is 1. The van der Waals surface area contributed by atoms with E-state index in [1.54, 1.807) is 12.1 Å². The summed E-state index contributed by atoms with van der Waals surface area (Å²) in [4.78, 5) is 0. The molecule has 0 unspecified atom stereocenters. The van der Waals surface area contributed by atoms with Crippen LogP contribution >= 0.6 is 15.9 Å². The number of benzene rings is 1. The van der Waals surface area contributed by atoms with Gasteiger partial charge >= 0.3 is 0 Å². The van der Waals surface area contributed by atoms with Crippen molar-refractivity contribution in [3.8, 4) is 0 Å². The summed E-state index contributed by atoms with van der Waals surface area (Å²) in [5.74, 6) is -0.203. The molecule has 2 rings (SSSR count). The highest BCUT2D eigenvalue weighted by Gasteiger charge is 2.35. The van der Waals surface area contributed by atoms with Gasteiger partial charge in [0.25, 0.3) is 0 Å². The third-order valence-corrected chi connectivity index (χ3v) is 3.10. The van der Waals surface area contributed by atoms with Crippen molar-refractivity contribution in [2.24, 2.45) is 0 Å². The van der Waals surface area contributed by atoms with Crippen molar-refractivity contribution in [3.05, 3.63) is 34.1 Å². The minimum absolute atomic E-state index is 0.0154. The Morgan fingerprint density at radius 3 is 2.62 bits per heavy atom. The fraction of sp³-hybridized carbons (Fsp3) is 0.400. The molecule has 0 saturated carbocycles. The SMILES string of the molecule is CC1(c2ccc(Br)c(F)c2)COC1. The largest absolute Gasteiger partial charge is 0.379 e. The molecule has 70 valence electrons. The van der Waals surface area contributed by atoms with E-state index in [1.165, 1.54) is 0 Å². The second-order valence-electron chi connectivity index (χ2n) is 3.68. The lowest BCUT2D eigenvalue weighted by molar-refractivity contribution is -0.0501. The Morgan fingerprint density at radius 1 is 1.46 bits per heavy atom. The minimum Gasteiger partial charge on any atom is -0.379 e. The molecule has 1 aromatic carbocycles. The normalized spacial score (nSPS) is 19.6. The molecule has 3 heteroatoms. The summed E-state index contributed by atoms with van der Waals surface area (Å²) >= 11 is 3.13. The maximum atomic E-state index is 13.2. The van der Waals surface area contributed by atoms with E-state index in [-0.39, 0.29) is 11.2 Å². The average Bonchev–Trinajstić information content (AvgIpc) is 2.06. The van der Waals surface area contributed by atoms with E-state index in [9.17, 15) is 4.39 Å². The summed E-state index contributed by atoms with van der Waals surface area (Å²) in [5, 5.41) is 0. The summed E-state index contributed by atoms with van der Waals surface area (Å²) in [6, 6.07) is 5.26. The van der Waals surface area contributed by atoms with Crippen molar-refractivity contribution in [3.63, 3.8) is 0 Å². The molecule has 1 fully saturated rings. The third kappa shape index (κ3) is 1.51. The van der Waals surface area contributed by atoms with Crippen LogP contribution in [0.25, 0.3) is 0 Å². The first kappa shape index (κ1) is 9.16. The first-order valence-corrected chi connectivity index (χ1v) is 4.94. The van der Waals surface area contributed by atoms with Crippen molar-refractivity contribution < 1.29 is 9.13 Å². The molecular weight excluding hydrogens is 235 g/mol.